The Balaban J connectivity index is 1.40. The predicted octanol–water partition coefficient (Wildman–Crippen LogP) is 3.59. The van der Waals surface area contributed by atoms with Crippen LogP contribution in [0.1, 0.15) is 37.9 Å². The Hall–Kier alpha value is -1.61. The number of hydrogen-bond acceptors (Lipinski definition) is 2. The first-order chi connectivity index (χ1) is 9.92. The molecule has 2 N–H and O–H groups in total. The molecule has 0 saturated carbocycles. The average molecular weight is 269 g/mol. The van der Waals surface area contributed by atoms with Gasteiger partial charge in [0.2, 0.25) is 0 Å². The van der Waals surface area contributed by atoms with Gasteiger partial charge in [-0.05, 0) is 50.8 Å². The van der Waals surface area contributed by atoms with Crippen molar-refractivity contribution in [3.05, 3.63) is 41.7 Å². The van der Waals surface area contributed by atoms with E-state index >= 15 is 0 Å². The van der Waals surface area contributed by atoms with Crippen molar-refractivity contribution < 1.29 is 0 Å². The molecule has 20 heavy (non-hydrogen) atoms. The minimum absolute atomic E-state index is 0.966. The van der Waals surface area contributed by atoms with E-state index in [4.69, 9.17) is 0 Å². The maximum absolute atomic E-state index is 4.59. The van der Waals surface area contributed by atoms with Gasteiger partial charge in [0.1, 0.15) is 5.82 Å². The number of imidazole rings is 1. The summed E-state index contributed by atoms with van der Waals surface area (Å²) < 4.78 is 0. The number of para-hydroxylation sites is 2. The van der Waals surface area contributed by atoms with Gasteiger partial charge >= 0.3 is 0 Å². The van der Waals surface area contributed by atoms with E-state index in [2.05, 4.69) is 33.5 Å². The van der Waals surface area contributed by atoms with E-state index in [9.17, 15) is 0 Å². The van der Waals surface area contributed by atoms with E-state index in [1.165, 1.54) is 32.1 Å². The van der Waals surface area contributed by atoms with Gasteiger partial charge in [-0.15, -0.1) is 0 Å². The molecule has 3 rings (SSSR count). The molecule has 0 saturated heterocycles. The number of hydrogen-bond donors (Lipinski definition) is 2. The zero-order valence-electron chi connectivity index (χ0n) is 12.0. The summed E-state index contributed by atoms with van der Waals surface area (Å²) in [6.45, 7) is 2.08. The molecular weight excluding hydrogens is 246 g/mol. The van der Waals surface area contributed by atoms with Gasteiger partial charge in [0.25, 0.3) is 0 Å². The van der Waals surface area contributed by atoms with E-state index < -0.39 is 0 Å². The highest BCUT2D eigenvalue weighted by Gasteiger charge is 2.04. The fourth-order valence-electron chi connectivity index (χ4n) is 2.84. The number of fused-ring (bicyclic) bond motifs is 1. The number of nitrogens with zero attached hydrogens (tertiary/aromatic N) is 1. The van der Waals surface area contributed by atoms with Crippen LogP contribution in [0.25, 0.3) is 11.0 Å². The smallest absolute Gasteiger partial charge is 0.108 e. The van der Waals surface area contributed by atoms with Crippen molar-refractivity contribution in [2.75, 3.05) is 13.1 Å². The highest BCUT2D eigenvalue weighted by molar-refractivity contribution is 5.74. The Morgan fingerprint density at radius 2 is 2.00 bits per heavy atom. The molecule has 106 valence electrons. The molecule has 0 atom stereocenters. The van der Waals surface area contributed by atoms with Crippen molar-refractivity contribution in [3.63, 3.8) is 0 Å². The number of H-pyrrole nitrogens is 1. The van der Waals surface area contributed by atoms with Crippen molar-refractivity contribution in [3.8, 4) is 0 Å². The Morgan fingerprint density at radius 3 is 2.85 bits per heavy atom. The fraction of sp³-hybridized carbons (Fsp3) is 0.471. The summed E-state index contributed by atoms with van der Waals surface area (Å²) in [7, 11) is 0. The van der Waals surface area contributed by atoms with Gasteiger partial charge in [0, 0.05) is 13.0 Å². The molecule has 1 aromatic heterocycles. The van der Waals surface area contributed by atoms with Gasteiger partial charge in [0.05, 0.1) is 11.0 Å². The maximum Gasteiger partial charge on any atom is 0.108 e. The van der Waals surface area contributed by atoms with E-state index in [1.807, 2.05) is 12.1 Å². The maximum atomic E-state index is 4.59. The number of benzene rings is 1. The molecule has 0 spiro atoms. The van der Waals surface area contributed by atoms with Crippen LogP contribution in [-0.4, -0.2) is 23.1 Å². The summed E-state index contributed by atoms with van der Waals surface area (Å²) in [5, 5.41) is 3.52. The standard InChI is InChI=1S/C17H23N3/c1-2-6-14(7-3-1)10-12-18-13-11-17-19-15-8-4-5-9-16(15)20-17/h4-6,8-9,18H,1-3,7,10-13H2,(H,19,20). The lowest BCUT2D eigenvalue weighted by Gasteiger charge is -2.12. The lowest BCUT2D eigenvalue weighted by molar-refractivity contribution is 0.628. The molecular formula is C17H23N3. The van der Waals surface area contributed by atoms with E-state index in [-0.39, 0.29) is 0 Å². The van der Waals surface area contributed by atoms with E-state index in [0.29, 0.717) is 0 Å². The quantitative estimate of drug-likeness (QED) is 0.621. The van der Waals surface area contributed by atoms with Gasteiger partial charge in [-0.3, -0.25) is 0 Å². The second-order valence-corrected chi connectivity index (χ2v) is 5.56. The van der Waals surface area contributed by atoms with Gasteiger partial charge in [-0.2, -0.15) is 0 Å². The Kier molecular flexibility index (Phi) is 4.49. The van der Waals surface area contributed by atoms with E-state index in [1.54, 1.807) is 5.57 Å². The van der Waals surface area contributed by atoms with Gasteiger partial charge in [0.15, 0.2) is 0 Å². The summed E-state index contributed by atoms with van der Waals surface area (Å²) in [4.78, 5) is 7.97. The molecule has 0 aliphatic heterocycles. The van der Waals surface area contributed by atoms with Gasteiger partial charge < -0.3 is 10.3 Å². The van der Waals surface area contributed by atoms with Crippen LogP contribution >= 0.6 is 0 Å². The molecule has 1 aromatic carbocycles. The average Bonchev–Trinajstić information content (AvgIpc) is 2.90. The molecule has 2 aromatic rings. The lowest BCUT2D eigenvalue weighted by atomic mass is 9.97. The second-order valence-electron chi connectivity index (χ2n) is 5.56. The first kappa shape index (κ1) is 13.4. The van der Waals surface area contributed by atoms with Crippen LogP contribution < -0.4 is 5.32 Å². The number of aromatic amines is 1. The highest BCUT2D eigenvalue weighted by atomic mass is 14.9. The number of allylic oxidation sites excluding steroid dienone is 1. The van der Waals surface area contributed by atoms with Crippen molar-refractivity contribution in [2.45, 2.75) is 38.5 Å². The molecule has 0 amide bonds. The zero-order valence-corrected chi connectivity index (χ0v) is 12.0. The molecule has 0 bridgehead atoms. The normalized spacial score (nSPS) is 15.5. The highest BCUT2D eigenvalue weighted by Crippen LogP contribution is 2.19. The van der Waals surface area contributed by atoms with Crippen LogP contribution in [-0.2, 0) is 6.42 Å². The monoisotopic (exact) mass is 269 g/mol. The largest absolute Gasteiger partial charge is 0.342 e. The second kappa shape index (κ2) is 6.71. The van der Waals surface area contributed by atoms with Crippen LogP contribution in [0.4, 0.5) is 0 Å². The summed E-state index contributed by atoms with van der Waals surface area (Å²) in [6, 6.07) is 8.21. The van der Waals surface area contributed by atoms with Crippen molar-refractivity contribution in [2.24, 2.45) is 0 Å². The first-order valence-electron chi connectivity index (χ1n) is 7.74. The molecule has 0 unspecified atom stereocenters. The SMILES string of the molecule is C1=C(CCNCCc2nc3ccccc3[nH]2)CCCC1. The number of nitrogens with one attached hydrogen (secondary N) is 2. The summed E-state index contributed by atoms with van der Waals surface area (Å²) in [5.74, 6) is 1.08. The molecule has 1 aliphatic carbocycles. The molecule has 1 heterocycles. The third-order valence-electron chi connectivity index (χ3n) is 3.98. The Morgan fingerprint density at radius 1 is 1.10 bits per heavy atom. The van der Waals surface area contributed by atoms with Gasteiger partial charge in [-0.1, -0.05) is 23.8 Å². The molecule has 1 aliphatic rings. The summed E-state index contributed by atoms with van der Waals surface area (Å²) in [5.41, 5.74) is 3.84. The van der Waals surface area contributed by atoms with Crippen LogP contribution in [0.2, 0.25) is 0 Å². The minimum Gasteiger partial charge on any atom is -0.342 e. The summed E-state index contributed by atoms with van der Waals surface area (Å²) in [6.07, 6.45) is 9.96. The van der Waals surface area contributed by atoms with Crippen LogP contribution in [0.15, 0.2) is 35.9 Å². The van der Waals surface area contributed by atoms with E-state index in [0.717, 1.165) is 36.4 Å². The topological polar surface area (TPSA) is 40.7 Å². The molecule has 0 fully saturated rings. The number of aromatic nitrogens is 2. The van der Waals surface area contributed by atoms with Crippen LogP contribution in [0.3, 0.4) is 0 Å². The van der Waals surface area contributed by atoms with Crippen LogP contribution in [0.5, 0.6) is 0 Å². The number of rotatable bonds is 6. The van der Waals surface area contributed by atoms with Crippen molar-refractivity contribution in [1.29, 1.82) is 0 Å². The van der Waals surface area contributed by atoms with Gasteiger partial charge in [-0.25, -0.2) is 4.98 Å². The first-order valence-corrected chi connectivity index (χ1v) is 7.74. The minimum atomic E-state index is 0.966. The zero-order chi connectivity index (χ0) is 13.6. The van der Waals surface area contributed by atoms with Crippen LogP contribution in [0, 0.1) is 0 Å². The predicted molar refractivity (Wildman–Crippen MR) is 83.8 cm³/mol. The lowest BCUT2D eigenvalue weighted by Crippen LogP contribution is -2.19. The molecule has 3 heteroatoms. The van der Waals surface area contributed by atoms with Crippen molar-refractivity contribution >= 4 is 11.0 Å². The molecule has 0 radical (unpaired) electrons. The van der Waals surface area contributed by atoms with Crippen molar-refractivity contribution in [1.82, 2.24) is 15.3 Å². The molecule has 3 nitrogen and oxygen atoms in total. The third-order valence-corrected chi connectivity index (χ3v) is 3.98. The Labute approximate surface area is 120 Å². The fourth-order valence-corrected chi connectivity index (χ4v) is 2.84. The third kappa shape index (κ3) is 3.48. The summed E-state index contributed by atoms with van der Waals surface area (Å²) >= 11 is 0. The Bertz CT molecular complexity index is 550.